The van der Waals surface area contributed by atoms with Crippen molar-refractivity contribution in [1.29, 1.82) is 0 Å². The smallest absolute Gasteiger partial charge is 0.367 e. The van der Waals surface area contributed by atoms with Crippen LogP contribution in [0.2, 0.25) is 0 Å². The fraction of sp³-hybridized carbons (Fsp3) is 0.171. The second kappa shape index (κ2) is 36.0. The minimum absolute atomic E-state index is 0.00463. The van der Waals surface area contributed by atoms with E-state index in [-0.39, 0.29) is 48.0 Å². The van der Waals surface area contributed by atoms with Crippen LogP contribution in [-0.4, -0.2) is 99.6 Å². The summed E-state index contributed by atoms with van der Waals surface area (Å²) in [5, 5.41) is 21.4. The Morgan fingerprint density at radius 1 is 0.520 bits per heavy atom. The first kappa shape index (κ1) is 81.7. The summed E-state index contributed by atoms with van der Waals surface area (Å²) in [6.07, 6.45) is 1.44. The zero-order valence-electron chi connectivity index (χ0n) is 52.1. The Bertz CT molecular complexity index is 4520. The van der Waals surface area contributed by atoms with E-state index in [4.69, 9.17) is 33.7 Å². The first-order valence-electron chi connectivity index (χ1n) is 28.7. The number of nitrogen functional groups attached to an aromatic ring is 1. The minimum atomic E-state index is -3.86. The van der Waals surface area contributed by atoms with Gasteiger partial charge in [0.2, 0.25) is 39.2 Å². The number of hydrogen-bond acceptors (Lipinski definition) is 16. The molecule has 0 saturated carbocycles. The predicted octanol–water partition coefficient (Wildman–Crippen LogP) is 17.8. The molecule has 0 aromatic heterocycles. The normalized spacial score (nSPS) is 14.8. The average Bonchev–Trinajstić information content (AvgIpc) is 0.768. The zero-order chi connectivity index (χ0) is 74.4. The standard InChI is InChI=1S/C12H10BrFO2.C10H5BrCl2O2.C10H5BrF2O2.C10H6BrFO2.C10H10BrNO3.C10H7BrO2.C8H8BrNO2/c1-2-16-12-9-4-3-8(13)5-7(9)6-10(15)11(12)14;2*11-6-1-2-7-5(3-6)4-8(14)10(12,13)9(7)15;11-6-1-2-7-5(3-6)4-8(13)9(12)10(7)14;1-6(13)12-9-5-7(11)3-4-8(9)10(14)15-2;11-7-1-2-9-6(3-7)4-8(12)5-10(9)13;1-12-8(11)6-3-2-5(9)4-7(6)10/h3-5H,2,6H2,1H3;2*1-3H,4H2;1-3,14H,4H2;3-5H,1-2H3,(H,12,13);1-3,5,13H,4H2;2-4H,10H2,1H3. The zero-order valence-corrected chi connectivity index (χ0v) is 64.8. The fourth-order valence-corrected chi connectivity index (χ4v) is 12.6. The van der Waals surface area contributed by atoms with Gasteiger partial charge in [-0.2, -0.15) is 17.6 Å². The third kappa shape index (κ3) is 20.9. The van der Waals surface area contributed by atoms with Gasteiger partial charge in [-0.05, 0) is 162 Å². The molecule has 0 atom stereocenters. The summed E-state index contributed by atoms with van der Waals surface area (Å²) in [6.45, 7) is 3.48. The lowest BCUT2D eigenvalue weighted by molar-refractivity contribution is -0.137. The molecule has 0 spiro atoms. The molecular weight excluding hydrogens is 1810 g/mol. The number of alkyl halides is 4. The molecule has 5 aliphatic carbocycles. The van der Waals surface area contributed by atoms with E-state index in [0.29, 0.717) is 73.4 Å². The highest BCUT2D eigenvalue weighted by Gasteiger charge is 2.51. The molecular formula is C70H51Br7Cl2F4N2O15. The van der Waals surface area contributed by atoms with Crippen molar-refractivity contribution in [2.75, 3.05) is 31.9 Å². The quantitative estimate of drug-likeness (QED) is 0.0410. The Balaban J connectivity index is 0.000000184. The van der Waals surface area contributed by atoms with Gasteiger partial charge in [0, 0.05) is 110 Å². The molecule has 7 aromatic carbocycles. The SMILES string of the molecule is CCOC1=C(F)C(=O)Cc2cc(Br)ccc21.COC(=O)c1ccc(Br)cc1N.COC(=O)c1ccc(Br)cc1NC(C)=O.O=C1C=C(O)c2ccc(Br)cc2C1.O=C1Cc2cc(Br)ccc2C(=O)C1(Cl)Cl.O=C1Cc2cc(Br)ccc2C(=O)C1(F)F.O=C1Cc2cc(Br)ccc2C(O)=C1F. The molecule has 1 amide bonds. The molecule has 5 N–H and O–H groups in total. The molecule has 0 bridgehead atoms. The highest BCUT2D eigenvalue weighted by atomic mass is 79.9. The number of aliphatic hydroxyl groups excluding tert-OH is 2. The van der Waals surface area contributed by atoms with Gasteiger partial charge in [0.1, 0.15) is 5.76 Å². The summed E-state index contributed by atoms with van der Waals surface area (Å²) >= 11 is 34.2. The van der Waals surface area contributed by atoms with Gasteiger partial charge in [-0.1, -0.05) is 135 Å². The number of hydrogen-bond donors (Lipinski definition) is 4. The van der Waals surface area contributed by atoms with E-state index in [0.717, 1.165) is 43.5 Å². The van der Waals surface area contributed by atoms with Crippen LogP contribution in [0.1, 0.15) is 99.8 Å². The first-order valence-corrected chi connectivity index (χ1v) is 35.0. The summed E-state index contributed by atoms with van der Waals surface area (Å²) in [6, 6.07) is 35.2. The van der Waals surface area contributed by atoms with Gasteiger partial charge in [0.15, 0.2) is 34.7 Å². The predicted molar refractivity (Wildman–Crippen MR) is 393 cm³/mol. The number of nitrogens with two attached hydrogens (primary N) is 1. The van der Waals surface area contributed by atoms with Crippen LogP contribution in [-0.2, 0) is 75.1 Å². The van der Waals surface area contributed by atoms with Crippen molar-refractivity contribution in [2.45, 2.75) is 56.2 Å². The summed E-state index contributed by atoms with van der Waals surface area (Å²) in [4.78, 5) is 112. The Kier molecular flexibility index (Phi) is 29.4. The van der Waals surface area contributed by atoms with E-state index in [1.807, 2.05) is 18.2 Å². The lowest BCUT2D eigenvalue weighted by Crippen LogP contribution is -2.43. The molecule has 12 rings (SSSR count). The second-order valence-electron chi connectivity index (χ2n) is 21.2. The van der Waals surface area contributed by atoms with Crippen LogP contribution < -0.4 is 11.1 Å². The summed E-state index contributed by atoms with van der Waals surface area (Å²) < 4.78 is 70.8. The molecule has 30 heteroatoms. The van der Waals surface area contributed by atoms with Crippen LogP contribution in [0.4, 0.5) is 28.9 Å². The summed E-state index contributed by atoms with van der Waals surface area (Å²) in [5.41, 5.74) is 12.6. The number of aliphatic hydroxyl groups is 2. The molecule has 100 heavy (non-hydrogen) atoms. The van der Waals surface area contributed by atoms with Gasteiger partial charge < -0.3 is 35.5 Å². The molecule has 522 valence electrons. The van der Waals surface area contributed by atoms with Gasteiger partial charge in [-0.3, -0.25) is 38.4 Å². The van der Waals surface area contributed by atoms with E-state index in [9.17, 15) is 75.7 Å². The van der Waals surface area contributed by atoms with Crippen molar-refractivity contribution in [3.63, 3.8) is 0 Å². The number of Topliss-reactive ketones (excluding diaryl/α,β-unsaturated/α-hetero) is 6. The molecule has 0 radical (unpaired) electrons. The number of nitrogens with one attached hydrogen (secondary N) is 1. The molecule has 0 heterocycles. The third-order valence-electron chi connectivity index (χ3n) is 14.2. The number of methoxy groups -OCH3 is 2. The van der Waals surface area contributed by atoms with Gasteiger partial charge in [0.05, 0.1) is 37.6 Å². The number of allylic oxidation sites excluding steroid dienone is 3. The summed E-state index contributed by atoms with van der Waals surface area (Å²) in [7, 11) is 2.62. The van der Waals surface area contributed by atoms with Gasteiger partial charge in [-0.15, -0.1) is 0 Å². The van der Waals surface area contributed by atoms with E-state index in [1.165, 1.54) is 45.4 Å². The van der Waals surface area contributed by atoms with Crippen LogP contribution in [0.25, 0.3) is 17.3 Å². The molecule has 17 nitrogen and oxygen atoms in total. The molecule has 0 aliphatic heterocycles. The van der Waals surface area contributed by atoms with E-state index in [2.05, 4.69) is 126 Å². The molecule has 7 aromatic rings. The van der Waals surface area contributed by atoms with Gasteiger partial charge in [0.25, 0.3) is 0 Å². The van der Waals surface area contributed by atoms with E-state index in [1.54, 1.807) is 97.9 Å². The van der Waals surface area contributed by atoms with E-state index >= 15 is 0 Å². The van der Waals surface area contributed by atoms with Crippen molar-refractivity contribution in [2.24, 2.45) is 0 Å². The van der Waals surface area contributed by atoms with Crippen LogP contribution in [0.5, 0.6) is 0 Å². The van der Waals surface area contributed by atoms with Crippen LogP contribution >= 0.6 is 135 Å². The van der Waals surface area contributed by atoms with Gasteiger partial charge in [-0.25, -0.2) is 9.59 Å². The molecule has 0 fully saturated rings. The van der Waals surface area contributed by atoms with Crippen molar-refractivity contribution in [1.82, 2.24) is 0 Å². The number of halogens is 13. The monoisotopic (exact) mass is 1860 g/mol. The average molecular weight is 1870 g/mol. The van der Waals surface area contributed by atoms with Crippen molar-refractivity contribution in [3.8, 4) is 0 Å². The molecule has 0 unspecified atom stereocenters. The number of esters is 2. The first-order chi connectivity index (χ1) is 46.9. The topological polar surface area (TPSA) is 277 Å². The van der Waals surface area contributed by atoms with Crippen LogP contribution in [0.3, 0.4) is 0 Å². The summed E-state index contributed by atoms with van der Waals surface area (Å²) in [5.74, 6) is -12.2. The highest BCUT2D eigenvalue weighted by molar-refractivity contribution is 9.11. The molecule has 0 saturated heterocycles. The number of anilines is 2. The number of rotatable bonds is 5. The number of carbonyl (C=O) groups is 10. The van der Waals surface area contributed by atoms with E-state index < -0.39 is 80.7 Å². The fourth-order valence-electron chi connectivity index (χ4n) is 9.53. The largest absolute Gasteiger partial charge is 0.507 e. The Morgan fingerprint density at radius 2 is 0.910 bits per heavy atom. The van der Waals surface area contributed by atoms with Crippen molar-refractivity contribution >= 4 is 222 Å². The highest BCUT2D eigenvalue weighted by Crippen LogP contribution is 2.38. The maximum absolute atomic E-state index is 13.6. The Morgan fingerprint density at radius 3 is 1.40 bits per heavy atom. The maximum Gasteiger partial charge on any atom is 0.367 e. The number of ketones is 7. The van der Waals surface area contributed by atoms with Crippen molar-refractivity contribution in [3.05, 3.63) is 243 Å². The van der Waals surface area contributed by atoms with Crippen LogP contribution in [0.15, 0.2) is 176 Å². The Hall–Kier alpha value is -7.28. The Labute approximate surface area is 637 Å². The number of carbonyl (C=O) groups excluding carboxylic acids is 10. The minimum Gasteiger partial charge on any atom is -0.507 e. The number of fused-ring (bicyclic) bond motifs is 5. The lowest BCUT2D eigenvalue weighted by atomic mass is 9.87. The maximum atomic E-state index is 13.6. The number of benzene rings is 7. The van der Waals surface area contributed by atoms with Gasteiger partial charge >= 0.3 is 17.9 Å². The second-order valence-corrected chi connectivity index (χ2v) is 28.9. The van der Waals surface area contributed by atoms with Crippen molar-refractivity contribution < 1.29 is 89.9 Å². The number of amides is 1. The number of ether oxygens (including phenoxy) is 3. The lowest BCUT2D eigenvalue weighted by Gasteiger charge is -2.24. The third-order valence-corrected chi connectivity index (χ3v) is 18.5. The molecule has 5 aliphatic rings. The van der Waals surface area contributed by atoms with Crippen LogP contribution in [0, 0.1) is 0 Å².